The van der Waals surface area contributed by atoms with Gasteiger partial charge in [0.25, 0.3) is 5.91 Å². The Morgan fingerprint density at radius 3 is 3.06 bits per heavy atom. The summed E-state index contributed by atoms with van der Waals surface area (Å²) in [4.78, 5) is 12.1. The Kier molecular flexibility index (Phi) is 3.86. The van der Waals surface area contributed by atoms with Crippen LogP contribution >= 0.6 is 11.6 Å². The van der Waals surface area contributed by atoms with Crippen LogP contribution in [0.1, 0.15) is 16.8 Å². The minimum absolute atomic E-state index is 0.141. The number of hydrogen-bond acceptors (Lipinski definition) is 3. The number of amides is 1. The molecule has 1 aliphatic heterocycles. The van der Waals surface area contributed by atoms with Crippen LogP contribution in [0.15, 0.2) is 18.2 Å². The second kappa shape index (κ2) is 5.38. The molecule has 1 aromatic rings. The maximum Gasteiger partial charge on any atom is 0.255 e. The average molecular weight is 255 g/mol. The van der Waals surface area contributed by atoms with Crippen molar-refractivity contribution in [1.29, 1.82) is 0 Å². The summed E-state index contributed by atoms with van der Waals surface area (Å²) in [6.07, 6.45) is 0.953. The van der Waals surface area contributed by atoms with Gasteiger partial charge in [0.05, 0.1) is 12.7 Å². The zero-order valence-electron chi connectivity index (χ0n) is 9.63. The van der Waals surface area contributed by atoms with E-state index in [1.54, 1.807) is 18.2 Å². The van der Waals surface area contributed by atoms with E-state index < -0.39 is 0 Å². The first-order valence-corrected chi connectivity index (χ1v) is 5.93. The fraction of sp³-hybridized carbons (Fsp3) is 0.417. The summed E-state index contributed by atoms with van der Waals surface area (Å²) in [5, 5.41) is 6.68. The number of methoxy groups -OCH3 is 1. The van der Waals surface area contributed by atoms with Crippen LogP contribution in [0.4, 0.5) is 0 Å². The number of benzene rings is 1. The molecule has 1 aliphatic rings. The van der Waals surface area contributed by atoms with E-state index in [4.69, 9.17) is 16.3 Å². The van der Waals surface area contributed by atoms with Crippen molar-refractivity contribution >= 4 is 17.5 Å². The molecular formula is C12H15ClN2O2. The van der Waals surface area contributed by atoms with Gasteiger partial charge in [0.2, 0.25) is 0 Å². The molecule has 0 bridgehead atoms. The number of halogens is 1. The highest BCUT2D eigenvalue weighted by Crippen LogP contribution is 2.22. The van der Waals surface area contributed by atoms with E-state index in [9.17, 15) is 4.79 Å². The number of rotatable bonds is 3. The SMILES string of the molecule is COc1ccc(Cl)cc1C(=O)N[C@@H]1CCNC1. The summed E-state index contributed by atoms with van der Waals surface area (Å²) in [6.45, 7) is 1.76. The van der Waals surface area contributed by atoms with Crippen molar-refractivity contribution < 1.29 is 9.53 Å². The molecular weight excluding hydrogens is 240 g/mol. The van der Waals surface area contributed by atoms with E-state index in [0.717, 1.165) is 19.5 Å². The highest BCUT2D eigenvalue weighted by atomic mass is 35.5. The van der Waals surface area contributed by atoms with E-state index in [-0.39, 0.29) is 11.9 Å². The Hall–Kier alpha value is -1.26. The topological polar surface area (TPSA) is 50.4 Å². The first-order chi connectivity index (χ1) is 8.20. The normalized spacial score (nSPS) is 19.1. The second-order valence-electron chi connectivity index (χ2n) is 4.01. The number of nitrogens with one attached hydrogen (secondary N) is 2. The summed E-state index contributed by atoms with van der Waals surface area (Å²) >= 11 is 5.89. The van der Waals surface area contributed by atoms with E-state index in [0.29, 0.717) is 16.3 Å². The predicted octanol–water partition coefficient (Wildman–Crippen LogP) is 1.44. The van der Waals surface area contributed by atoms with Gasteiger partial charge >= 0.3 is 0 Å². The summed E-state index contributed by atoms with van der Waals surface area (Å²) in [6, 6.07) is 5.21. The van der Waals surface area contributed by atoms with Crippen LogP contribution in [0.5, 0.6) is 5.75 Å². The van der Waals surface area contributed by atoms with Gasteiger partial charge in [-0.2, -0.15) is 0 Å². The van der Waals surface area contributed by atoms with Gasteiger partial charge in [-0.25, -0.2) is 0 Å². The lowest BCUT2D eigenvalue weighted by Crippen LogP contribution is -2.36. The zero-order chi connectivity index (χ0) is 12.3. The minimum atomic E-state index is -0.141. The molecule has 0 saturated carbocycles. The number of hydrogen-bond donors (Lipinski definition) is 2. The molecule has 1 aromatic carbocycles. The standard InChI is InChI=1S/C12H15ClN2O2/c1-17-11-3-2-8(13)6-10(11)12(16)15-9-4-5-14-7-9/h2-3,6,9,14H,4-5,7H2,1H3,(H,15,16)/t9-/m1/s1. The molecule has 2 rings (SSSR count). The fourth-order valence-electron chi connectivity index (χ4n) is 1.90. The van der Waals surface area contributed by atoms with Gasteiger partial charge in [-0.15, -0.1) is 0 Å². The Morgan fingerprint density at radius 2 is 2.41 bits per heavy atom. The first-order valence-electron chi connectivity index (χ1n) is 5.56. The molecule has 0 spiro atoms. The van der Waals surface area contributed by atoms with Crippen molar-refractivity contribution in [3.8, 4) is 5.75 Å². The molecule has 0 aliphatic carbocycles. The van der Waals surface area contributed by atoms with Gasteiger partial charge in [0, 0.05) is 17.6 Å². The van der Waals surface area contributed by atoms with Crippen LogP contribution in [-0.2, 0) is 0 Å². The molecule has 4 nitrogen and oxygen atoms in total. The Morgan fingerprint density at radius 1 is 1.59 bits per heavy atom. The molecule has 1 heterocycles. The van der Waals surface area contributed by atoms with Gasteiger partial charge < -0.3 is 15.4 Å². The lowest BCUT2D eigenvalue weighted by molar-refractivity contribution is 0.0937. The molecule has 0 radical (unpaired) electrons. The maximum atomic E-state index is 12.1. The van der Waals surface area contributed by atoms with Crippen molar-refractivity contribution in [2.24, 2.45) is 0 Å². The van der Waals surface area contributed by atoms with E-state index in [1.807, 2.05) is 0 Å². The van der Waals surface area contributed by atoms with Gasteiger partial charge in [-0.3, -0.25) is 4.79 Å². The fourth-order valence-corrected chi connectivity index (χ4v) is 2.07. The Balaban J connectivity index is 2.14. The van der Waals surface area contributed by atoms with Gasteiger partial charge in [0.15, 0.2) is 0 Å². The first kappa shape index (κ1) is 12.2. The minimum Gasteiger partial charge on any atom is -0.496 e. The highest BCUT2D eigenvalue weighted by molar-refractivity contribution is 6.31. The third-order valence-corrected chi connectivity index (χ3v) is 3.04. The molecule has 1 amide bonds. The van der Waals surface area contributed by atoms with Crippen molar-refractivity contribution in [1.82, 2.24) is 10.6 Å². The van der Waals surface area contributed by atoms with Crippen molar-refractivity contribution in [2.45, 2.75) is 12.5 Å². The van der Waals surface area contributed by atoms with Crippen molar-refractivity contribution in [2.75, 3.05) is 20.2 Å². The average Bonchev–Trinajstić information content (AvgIpc) is 2.81. The Bertz CT molecular complexity index is 417. The summed E-state index contributed by atoms with van der Waals surface area (Å²) in [7, 11) is 1.54. The molecule has 5 heteroatoms. The van der Waals surface area contributed by atoms with Crippen LogP contribution < -0.4 is 15.4 Å². The Labute approximate surface area is 105 Å². The molecule has 1 saturated heterocycles. The molecule has 2 N–H and O–H groups in total. The van der Waals surface area contributed by atoms with E-state index >= 15 is 0 Å². The molecule has 17 heavy (non-hydrogen) atoms. The largest absolute Gasteiger partial charge is 0.496 e. The van der Waals surface area contributed by atoms with Crippen LogP contribution in [0.3, 0.4) is 0 Å². The smallest absolute Gasteiger partial charge is 0.255 e. The lowest BCUT2D eigenvalue weighted by Gasteiger charge is -2.13. The monoisotopic (exact) mass is 254 g/mol. The third kappa shape index (κ3) is 2.90. The van der Waals surface area contributed by atoms with Crippen molar-refractivity contribution in [3.63, 3.8) is 0 Å². The summed E-state index contributed by atoms with van der Waals surface area (Å²) < 4.78 is 5.15. The third-order valence-electron chi connectivity index (χ3n) is 2.80. The molecule has 1 atom stereocenters. The summed E-state index contributed by atoms with van der Waals surface area (Å²) in [5.41, 5.74) is 0.479. The van der Waals surface area contributed by atoms with Crippen molar-refractivity contribution in [3.05, 3.63) is 28.8 Å². The molecule has 1 fully saturated rings. The van der Waals surface area contributed by atoms with Crippen LogP contribution in [0.2, 0.25) is 5.02 Å². The van der Waals surface area contributed by atoms with E-state index in [1.165, 1.54) is 7.11 Å². The number of carbonyl (C=O) groups is 1. The summed E-state index contributed by atoms with van der Waals surface area (Å²) in [5.74, 6) is 0.399. The van der Waals surface area contributed by atoms with Crippen LogP contribution in [-0.4, -0.2) is 32.1 Å². The lowest BCUT2D eigenvalue weighted by atomic mass is 10.1. The molecule has 0 aromatic heterocycles. The van der Waals surface area contributed by atoms with Crippen LogP contribution in [0.25, 0.3) is 0 Å². The number of ether oxygens (including phenoxy) is 1. The maximum absolute atomic E-state index is 12.1. The van der Waals surface area contributed by atoms with Gasteiger partial charge in [-0.1, -0.05) is 11.6 Å². The quantitative estimate of drug-likeness (QED) is 0.858. The molecule has 0 unspecified atom stereocenters. The van der Waals surface area contributed by atoms with E-state index in [2.05, 4.69) is 10.6 Å². The molecule has 92 valence electrons. The van der Waals surface area contributed by atoms with Gasteiger partial charge in [0.1, 0.15) is 5.75 Å². The highest BCUT2D eigenvalue weighted by Gasteiger charge is 2.19. The van der Waals surface area contributed by atoms with Crippen LogP contribution in [0, 0.1) is 0 Å². The van der Waals surface area contributed by atoms with Gasteiger partial charge in [-0.05, 0) is 31.2 Å². The predicted molar refractivity (Wildman–Crippen MR) is 66.7 cm³/mol. The second-order valence-corrected chi connectivity index (χ2v) is 4.44. The zero-order valence-corrected chi connectivity index (χ0v) is 10.4. The number of carbonyl (C=O) groups excluding carboxylic acids is 1.